The van der Waals surface area contributed by atoms with Crippen molar-refractivity contribution in [3.63, 3.8) is 0 Å². The molecule has 25 heavy (non-hydrogen) atoms. The molecule has 1 saturated carbocycles. The highest BCUT2D eigenvalue weighted by Crippen LogP contribution is 2.34. The Hall–Kier alpha value is -2.04. The lowest BCUT2D eigenvalue weighted by Crippen LogP contribution is -2.34. The number of rotatable bonds is 5. The van der Waals surface area contributed by atoms with E-state index in [2.05, 4.69) is 5.32 Å². The van der Waals surface area contributed by atoms with Crippen LogP contribution in [-0.4, -0.2) is 19.1 Å². The first-order chi connectivity index (χ1) is 12.1. The molecular formula is C20H23ClN2O2. The van der Waals surface area contributed by atoms with Crippen LogP contribution in [0.15, 0.2) is 48.5 Å². The van der Waals surface area contributed by atoms with Crippen LogP contribution in [0.25, 0.3) is 0 Å². The third kappa shape index (κ3) is 3.97. The van der Waals surface area contributed by atoms with Crippen molar-refractivity contribution in [2.75, 3.05) is 7.11 Å². The Bertz CT molecular complexity index is 750. The maximum Gasteiger partial charge on any atom is 0.223 e. The van der Waals surface area contributed by atoms with E-state index in [1.54, 1.807) is 7.11 Å². The lowest BCUT2D eigenvalue weighted by atomic mass is 9.96. The van der Waals surface area contributed by atoms with Crippen LogP contribution in [0.2, 0.25) is 5.02 Å². The predicted octanol–water partition coefficient (Wildman–Crippen LogP) is 3.68. The van der Waals surface area contributed by atoms with Gasteiger partial charge in [-0.25, -0.2) is 0 Å². The van der Waals surface area contributed by atoms with E-state index < -0.39 is 0 Å². The van der Waals surface area contributed by atoms with Gasteiger partial charge in [-0.3, -0.25) is 4.79 Å². The summed E-state index contributed by atoms with van der Waals surface area (Å²) in [6, 6.07) is 15.0. The number of hydrogen-bond acceptors (Lipinski definition) is 3. The van der Waals surface area contributed by atoms with Gasteiger partial charge in [0.2, 0.25) is 5.91 Å². The third-order valence-electron chi connectivity index (χ3n) is 4.80. The molecular weight excluding hydrogens is 336 g/mol. The molecule has 2 aromatic carbocycles. The Labute approximate surface area is 153 Å². The molecule has 0 aromatic heterocycles. The molecule has 0 heterocycles. The molecule has 1 aliphatic carbocycles. The van der Waals surface area contributed by atoms with Crippen LogP contribution >= 0.6 is 11.6 Å². The highest BCUT2D eigenvalue weighted by Gasteiger charge is 2.30. The van der Waals surface area contributed by atoms with Crippen molar-refractivity contribution in [2.45, 2.75) is 31.3 Å². The smallest absolute Gasteiger partial charge is 0.223 e. The fraction of sp³-hybridized carbons (Fsp3) is 0.350. The van der Waals surface area contributed by atoms with Crippen LogP contribution in [0.5, 0.6) is 5.75 Å². The minimum Gasteiger partial charge on any atom is -0.496 e. The van der Waals surface area contributed by atoms with Crippen molar-refractivity contribution in [2.24, 2.45) is 11.7 Å². The number of methoxy groups -OCH3 is 1. The molecule has 3 rings (SSSR count). The number of nitrogens with two attached hydrogens (primary N) is 1. The maximum absolute atomic E-state index is 12.8. The van der Waals surface area contributed by atoms with Gasteiger partial charge in [-0.15, -0.1) is 0 Å². The Morgan fingerprint density at radius 2 is 1.84 bits per heavy atom. The minimum atomic E-state index is -0.367. The number of carbonyl (C=O) groups is 1. The van der Waals surface area contributed by atoms with Crippen molar-refractivity contribution in [1.29, 1.82) is 0 Å². The lowest BCUT2D eigenvalue weighted by molar-refractivity contribution is -0.125. The number of ether oxygens (including phenoxy) is 1. The standard InChI is InChI=1S/C20H23ClN2O2/c1-25-18-9-5-3-7-16(18)19(15-6-2-4-8-17(15)21)23-20(24)13-10-11-14(22)12-13/h2-9,13-14,19H,10-12,22H2,1H3,(H,23,24). The summed E-state index contributed by atoms with van der Waals surface area (Å²) in [5.74, 6) is 0.689. The van der Waals surface area contributed by atoms with Gasteiger partial charge in [-0.05, 0) is 37.0 Å². The summed E-state index contributed by atoms with van der Waals surface area (Å²) in [7, 11) is 1.63. The van der Waals surface area contributed by atoms with Crippen LogP contribution in [0.1, 0.15) is 36.4 Å². The van der Waals surface area contributed by atoms with Gasteiger partial charge in [0, 0.05) is 22.5 Å². The molecule has 3 N–H and O–H groups in total. The molecule has 4 nitrogen and oxygen atoms in total. The van der Waals surface area contributed by atoms with Gasteiger partial charge >= 0.3 is 0 Å². The van der Waals surface area contributed by atoms with Crippen LogP contribution < -0.4 is 15.8 Å². The fourth-order valence-corrected chi connectivity index (χ4v) is 3.70. The Morgan fingerprint density at radius 3 is 2.48 bits per heavy atom. The predicted molar refractivity (Wildman–Crippen MR) is 99.7 cm³/mol. The molecule has 1 amide bonds. The summed E-state index contributed by atoms with van der Waals surface area (Å²) in [4.78, 5) is 12.8. The van der Waals surface area contributed by atoms with Crippen molar-refractivity contribution in [3.05, 3.63) is 64.7 Å². The third-order valence-corrected chi connectivity index (χ3v) is 5.14. The highest BCUT2D eigenvalue weighted by molar-refractivity contribution is 6.31. The lowest BCUT2D eigenvalue weighted by Gasteiger charge is -2.24. The van der Waals surface area contributed by atoms with Crippen LogP contribution in [0.4, 0.5) is 0 Å². The number of carbonyl (C=O) groups excluding carboxylic acids is 1. The summed E-state index contributed by atoms with van der Waals surface area (Å²) >= 11 is 6.42. The van der Waals surface area contributed by atoms with Crippen LogP contribution in [-0.2, 0) is 4.79 Å². The molecule has 0 saturated heterocycles. The Morgan fingerprint density at radius 1 is 1.16 bits per heavy atom. The average Bonchev–Trinajstić information content (AvgIpc) is 3.07. The zero-order valence-electron chi connectivity index (χ0n) is 14.2. The first-order valence-corrected chi connectivity index (χ1v) is 8.91. The van der Waals surface area contributed by atoms with E-state index in [-0.39, 0.29) is 23.9 Å². The van der Waals surface area contributed by atoms with Crippen LogP contribution in [0.3, 0.4) is 0 Å². The van der Waals surface area contributed by atoms with E-state index in [0.717, 1.165) is 36.1 Å². The molecule has 0 radical (unpaired) electrons. The SMILES string of the molecule is COc1ccccc1C(NC(=O)C1CCC(N)C1)c1ccccc1Cl. The van der Waals surface area contributed by atoms with Crippen molar-refractivity contribution >= 4 is 17.5 Å². The average molecular weight is 359 g/mol. The van der Waals surface area contributed by atoms with E-state index in [1.807, 2.05) is 48.5 Å². The molecule has 0 bridgehead atoms. The van der Waals surface area contributed by atoms with E-state index in [4.69, 9.17) is 22.1 Å². The minimum absolute atomic E-state index is 0.0174. The molecule has 1 aliphatic rings. The van der Waals surface area contributed by atoms with Gasteiger partial charge in [0.05, 0.1) is 13.2 Å². The number of halogens is 1. The number of hydrogen-bond donors (Lipinski definition) is 2. The molecule has 3 atom stereocenters. The molecule has 0 aliphatic heterocycles. The molecule has 5 heteroatoms. The van der Waals surface area contributed by atoms with Crippen molar-refractivity contribution < 1.29 is 9.53 Å². The van der Waals surface area contributed by atoms with Crippen molar-refractivity contribution in [3.8, 4) is 5.75 Å². The van der Waals surface area contributed by atoms with Crippen molar-refractivity contribution in [1.82, 2.24) is 5.32 Å². The van der Waals surface area contributed by atoms with E-state index in [0.29, 0.717) is 5.02 Å². The second-order valence-corrected chi connectivity index (χ2v) is 6.88. The van der Waals surface area contributed by atoms with E-state index in [1.165, 1.54) is 0 Å². The molecule has 3 unspecified atom stereocenters. The van der Waals surface area contributed by atoms with Gasteiger partial charge in [0.25, 0.3) is 0 Å². The first kappa shape index (κ1) is 17.8. The quantitative estimate of drug-likeness (QED) is 0.856. The summed E-state index contributed by atoms with van der Waals surface area (Å²) in [5, 5.41) is 3.78. The molecule has 2 aromatic rings. The zero-order chi connectivity index (χ0) is 17.8. The number of para-hydroxylation sites is 1. The van der Waals surface area contributed by atoms with Crippen LogP contribution in [0, 0.1) is 5.92 Å². The normalized spacial score (nSPS) is 20.9. The Balaban J connectivity index is 1.95. The molecule has 132 valence electrons. The number of nitrogens with one attached hydrogen (secondary N) is 1. The van der Waals surface area contributed by atoms with Gasteiger partial charge < -0.3 is 15.8 Å². The van der Waals surface area contributed by atoms with E-state index in [9.17, 15) is 4.79 Å². The molecule has 0 spiro atoms. The second kappa shape index (κ2) is 7.89. The summed E-state index contributed by atoms with van der Waals surface area (Å²) in [6.45, 7) is 0. The van der Waals surface area contributed by atoms with Gasteiger partial charge in [0.15, 0.2) is 0 Å². The second-order valence-electron chi connectivity index (χ2n) is 6.48. The largest absolute Gasteiger partial charge is 0.496 e. The number of amides is 1. The van der Waals surface area contributed by atoms with Gasteiger partial charge in [-0.1, -0.05) is 48.0 Å². The zero-order valence-corrected chi connectivity index (χ0v) is 15.0. The fourth-order valence-electron chi connectivity index (χ4n) is 3.45. The monoisotopic (exact) mass is 358 g/mol. The molecule has 1 fully saturated rings. The topological polar surface area (TPSA) is 64.3 Å². The highest BCUT2D eigenvalue weighted by atomic mass is 35.5. The first-order valence-electron chi connectivity index (χ1n) is 8.53. The van der Waals surface area contributed by atoms with Gasteiger partial charge in [-0.2, -0.15) is 0 Å². The van der Waals surface area contributed by atoms with E-state index >= 15 is 0 Å². The summed E-state index contributed by atoms with van der Waals surface area (Å²) < 4.78 is 5.50. The summed E-state index contributed by atoms with van der Waals surface area (Å²) in [6.07, 6.45) is 2.45. The summed E-state index contributed by atoms with van der Waals surface area (Å²) in [5.41, 5.74) is 7.70. The maximum atomic E-state index is 12.8. The van der Waals surface area contributed by atoms with Gasteiger partial charge in [0.1, 0.15) is 5.75 Å². The Kier molecular flexibility index (Phi) is 5.61. The number of benzene rings is 2.